The van der Waals surface area contributed by atoms with E-state index in [1.807, 2.05) is 13.8 Å². The fourth-order valence-corrected chi connectivity index (χ4v) is 3.00. The molecule has 1 heteroatoms. The van der Waals surface area contributed by atoms with Gasteiger partial charge in [0.05, 0.1) is 0 Å². The Balaban J connectivity index is 2.50. The van der Waals surface area contributed by atoms with Gasteiger partial charge in [0, 0.05) is 11.3 Å². The van der Waals surface area contributed by atoms with E-state index in [2.05, 4.69) is 13.8 Å². The molecule has 1 nitrogen and oxygen atoms in total. The molecule has 0 aromatic rings. The molecule has 1 saturated carbocycles. The first kappa shape index (κ1) is 12.7. The van der Waals surface area contributed by atoms with Crippen LogP contribution >= 0.6 is 0 Å². The van der Waals surface area contributed by atoms with Crippen LogP contribution in [0.15, 0.2) is 0 Å². The molecule has 0 aliphatic heterocycles. The van der Waals surface area contributed by atoms with Crippen molar-refractivity contribution in [2.45, 2.75) is 66.2 Å². The van der Waals surface area contributed by atoms with Crippen LogP contribution in [-0.2, 0) is 4.79 Å². The normalized spacial score (nSPS) is 19.5. The van der Waals surface area contributed by atoms with Crippen LogP contribution in [0.4, 0.5) is 0 Å². The minimum atomic E-state index is -0.101. The number of carbonyl (C=O) groups is 1. The van der Waals surface area contributed by atoms with Crippen LogP contribution in [0, 0.1) is 17.3 Å². The topological polar surface area (TPSA) is 17.1 Å². The summed E-state index contributed by atoms with van der Waals surface area (Å²) in [7, 11) is 0. The highest BCUT2D eigenvalue weighted by atomic mass is 16.1. The molecule has 0 saturated heterocycles. The van der Waals surface area contributed by atoms with Gasteiger partial charge in [-0.25, -0.2) is 0 Å². The Hall–Kier alpha value is -0.330. The summed E-state index contributed by atoms with van der Waals surface area (Å²) in [6.45, 7) is 8.30. The van der Waals surface area contributed by atoms with E-state index in [9.17, 15) is 4.79 Å². The van der Waals surface area contributed by atoms with Gasteiger partial charge in [0.25, 0.3) is 0 Å². The van der Waals surface area contributed by atoms with Gasteiger partial charge in [-0.1, -0.05) is 59.8 Å². The highest BCUT2D eigenvalue weighted by molar-refractivity contribution is 5.85. The summed E-state index contributed by atoms with van der Waals surface area (Å²) < 4.78 is 0. The lowest BCUT2D eigenvalue weighted by Crippen LogP contribution is -2.31. The third-order valence-corrected chi connectivity index (χ3v) is 3.72. The van der Waals surface area contributed by atoms with Gasteiger partial charge < -0.3 is 0 Å². The first-order chi connectivity index (χ1) is 6.93. The molecule has 1 rings (SSSR count). The molecule has 0 unspecified atom stereocenters. The molecule has 0 heterocycles. The Morgan fingerprint density at radius 3 is 2.20 bits per heavy atom. The summed E-state index contributed by atoms with van der Waals surface area (Å²) in [4.78, 5) is 12.0. The van der Waals surface area contributed by atoms with Gasteiger partial charge in [0.1, 0.15) is 5.78 Å². The van der Waals surface area contributed by atoms with Crippen molar-refractivity contribution in [3.63, 3.8) is 0 Å². The van der Waals surface area contributed by atoms with E-state index in [0.717, 1.165) is 12.3 Å². The third-order valence-electron chi connectivity index (χ3n) is 3.72. The summed E-state index contributed by atoms with van der Waals surface area (Å²) >= 11 is 0. The van der Waals surface area contributed by atoms with Crippen LogP contribution in [0.5, 0.6) is 0 Å². The summed E-state index contributed by atoms with van der Waals surface area (Å²) in [6, 6.07) is 0. The number of carbonyl (C=O) groups excluding carboxylic acids is 1. The summed E-state index contributed by atoms with van der Waals surface area (Å²) in [6.07, 6.45) is 7.93. The molecule has 1 aliphatic rings. The zero-order valence-corrected chi connectivity index (χ0v) is 10.8. The quantitative estimate of drug-likeness (QED) is 0.679. The highest BCUT2D eigenvalue weighted by Crippen LogP contribution is 2.36. The highest BCUT2D eigenvalue weighted by Gasteiger charge is 2.32. The van der Waals surface area contributed by atoms with Crippen molar-refractivity contribution in [2.24, 2.45) is 17.3 Å². The van der Waals surface area contributed by atoms with E-state index in [4.69, 9.17) is 0 Å². The monoisotopic (exact) mass is 210 g/mol. The fraction of sp³-hybridized carbons (Fsp3) is 0.929. The molecule has 0 amide bonds. The van der Waals surface area contributed by atoms with Crippen molar-refractivity contribution in [2.75, 3.05) is 0 Å². The van der Waals surface area contributed by atoms with Crippen LogP contribution < -0.4 is 0 Å². The maximum atomic E-state index is 12.0. The van der Waals surface area contributed by atoms with Crippen molar-refractivity contribution in [3.05, 3.63) is 0 Å². The van der Waals surface area contributed by atoms with E-state index < -0.39 is 0 Å². The van der Waals surface area contributed by atoms with Crippen LogP contribution in [0.2, 0.25) is 0 Å². The predicted octanol–water partition coefficient (Wildman–Crippen LogP) is 4.21. The molecule has 88 valence electrons. The fourth-order valence-electron chi connectivity index (χ4n) is 3.00. The van der Waals surface area contributed by atoms with Gasteiger partial charge in [-0.15, -0.1) is 0 Å². The number of rotatable bonds is 4. The van der Waals surface area contributed by atoms with Crippen molar-refractivity contribution < 1.29 is 4.79 Å². The van der Waals surface area contributed by atoms with Crippen molar-refractivity contribution in [3.8, 4) is 0 Å². The van der Waals surface area contributed by atoms with Crippen LogP contribution in [0.25, 0.3) is 0 Å². The SMILES string of the molecule is CC(C)C(=O)C(C)(C)CC1CCCCC1. The second kappa shape index (κ2) is 5.14. The summed E-state index contributed by atoms with van der Waals surface area (Å²) in [5.41, 5.74) is -0.101. The Kier molecular flexibility index (Phi) is 4.36. The number of ketones is 1. The lowest BCUT2D eigenvalue weighted by atomic mass is 9.72. The Bertz CT molecular complexity index is 209. The van der Waals surface area contributed by atoms with Crippen LogP contribution in [0.1, 0.15) is 66.2 Å². The Morgan fingerprint density at radius 1 is 1.20 bits per heavy atom. The minimum absolute atomic E-state index is 0.101. The molecule has 0 N–H and O–H groups in total. The Labute approximate surface area is 94.6 Å². The van der Waals surface area contributed by atoms with E-state index in [1.165, 1.54) is 32.1 Å². The number of Topliss-reactive ketones (excluding diaryl/α,β-unsaturated/α-hetero) is 1. The number of hydrogen-bond donors (Lipinski definition) is 0. The second-order valence-corrected chi connectivity index (χ2v) is 6.11. The smallest absolute Gasteiger partial charge is 0.141 e. The van der Waals surface area contributed by atoms with Gasteiger partial charge in [-0.2, -0.15) is 0 Å². The molecule has 1 fully saturated rings. The molecule has 0 aromatic heterocycles. The minimum Gasteiger partial charge on any atom is -0.299 e. The lowest BCUT2D eigenvalue weighted by Gasteiger charge is -2.31. The zero-order chi connectivity index (χ0) is 11.5. The first-order valence-electron chi connectivity index (χ1n) is 6.48. The molecule has 0 atom stereocenters. The average molecular weight is 210 g/mol. The van der Waals surface area contributed by atoms with Gasteiger partial charge in [-0.3, -0.25) is 4.79 Å². The van der Waals surface area contributed by atoms with Gasteiger partial charge >= 0.3 is 0 Å². The molecule has 15 heavy (non-hydrogen) atoms. The van der Waals surface area contributed by atoms with Gasteiger partial charge in [0.2, 0.25) is 0 Å². The molecule has 0 aromatic carbocycles. The summed E-state index contributed by atoms with van der Waals surface area (Å²) in [5, 5.41) is 0. The maximum absolute atomic E-state index is 12.0. The van der Waals surface area contributed by atoms with E-state index >= 15 is 0 Å². The molecular weight excluding hydrogens is 184 g/mol. The van der Waals surface area contributed by atoms with E-state index in [-0.39, 0.29) is 11.3 Å². The largest absolute Gasteiger partial charge is 0.299 e. The summed E-state index contributed by atoms with van der Waals surface area (Å²) in [5.74, 6) is 1.42. The van der Waals surface area contributed by atoms with Gasteiger partial charge in [-0.05, 0) is 12.3 Å². The average Bonchev–Trinajstić information content (AvgIpc) is 2.17. The molecule has 0 radical (unpaired) electrons. The van der Waals surface area contributed by atoms with Gasteiger partial charge in [0.15, 0.2) is 0 Å². The molecule has 0 spiro atoms. The molecular formula is C14H26O. The second-order valence-electron chi connectivity index (χ2n) is 6.11. The molecule has 0 bridgehead atoms. The number of hydrogen-bond acceptors (Lipinski definition) is 1. The molecule has 1 aliphatic carbocycles. The zero-order valence-electron chi connectivity index (χ0n) is 10.8. The standard InChI is InChI=1S/C14H26O/c1-11(2)13(15)14(3,4)10-12-8-6-5-7-9-12/h11-12H,5-10H2,1-4H3. The predicted molar refractivity (Wildman–Crippen MR) is 64.8 cm³/mol. The van der Waals surface area contributed by atoms with Crippen molar-refractivity contribution in [1.82, 2.24) is 0 Å². The first-order valence-corrected chi connectivity index (χ1v) is 6.48. The van der Waals surface area contributed by atoms with Crippen molar-refractivity contribution >= 4 is 5.78 Å². The lowest BCUT2D eigenvalue weighted by molar-refractivity contribution is -0.131. The van der Waals surface area contributed by atoms with Crippen molar-refractivity contribution in [1.29, 1.82) is 0 Å². The Morgan fingerprint density at radius 2 is 1.73 bits per heavy atom. The van der Waals surface area contributed by atoms with Crippen LogP contribution in [-0.4, -0.2) is 5.78 Å². The van der Waals surface area contributed by atoms with E-state index in [1.54, 1.807) is 0 Å². The van der Waals surface area contributed by atoms with E-state index in [0.29, 0.717) is 5.78 Å². The maximum Gasteiger partial charge on any atom is 0.141 e. The van der Waals surface area contributed by atoms with Crippen LogP contribution in [0.3, 0.4) is 0 Å². The third kappa shape index (κ3) is 3.62.